The molecule has 0 bridgehead atoms. The third-order valence-electron chi connectivity index (χ3n) is 11.6. The van der Waals surface area contributed by atoms with Crippen LogP contribution in [0, 0.1) is 0 Å². The Kier molecular flexibility index (Phi) is 51.9. The average Bonchev–Trinajstić information content (AvgIpc) is 3.33. The molecule has 0 aliphatic rings. The number of esters is 3. The van der Waals surface area contributed by atoms with Crippen LogP contribution in [0.25, 0.3) is 0 Å². The maximum absolute atomic E-state index is 12.8. The Labute approximate surface area is 413 Å². The summed E-state index contributed by atoms with van der Waals surface area (Å²) >= 11 is 0. The summed E-state index contributed by atoms with van der Waals surface area (Å²) in [6.07, 6.45) is 72.6. The molecule has 0 aliphatic carbocycles. The van der Waals surface area contributed by atoms with Crippen molar-refractivity contribution in [2.24, 2.45) is 0 Å². The Morgan fingerprint density at radius 3 is 0.910 bits per heavy atom. The second-order valence-corrected chi connectivity index (χ2v) is 18.1. The van der Waals surface area contributed by atoms with Gasteiger partial charge in [0.25, 0.3) is 0 Å². The van der Waals surface area contributed by atoms with Crippen molar-refractivity contribution in [3.63, 3.8) is 0 Å². The van der Waals surface area contributed by atoms with E-state index in [4.69, 9.17) is 14.2 Å². The molecular weight excluding hydrogens is 829 g/mol. The van der Waals surface area contributed by atoms with Crippen molar-refractivity contribution in [3.05, 3.63) is 97.2 Å². The number of carbonyl (C=O) groups excluding carboxylic acids is 3. The first-order valence-corrected chi connectivity index (χ1v) is 27.7. The van der Waals surface area contributed by atoms with E-state index >= 15 is 0 Å². The minimum absolute atomic E-state index is 0.111. The Morgan fingerprint density at radius 2 is 0.582 bits per heavy atom. The van der Waals surface area contributed by atoms with Crippen molar-refractivity contribution < 1.29 is 28.6 Å². The van der Waals surface area contributed by atoms with Gasteiger partial charge in [-0.05, 0) is 96.3 Å². The first-order chi connectivity index (χ1) is 33.0. The van der Waals surface area contributed by atoms with E-state index in [0.717, 1.165) is 109 Å². The van der Waals surface area contributed by atoms with Crippen LogP contribution >= 0.6 is 0 Å². The number of hydrogen-bond acceptors (Lipinski definition) is 6. The fraction of sp³-hybridized carbons (Fsp3) is 0.689. The predicted molar refractivity (Wildman–Crippen MR) is 288 cm³/mol. The molecule has 6 nitrogen and oxygen atoms in total. The van der Waals surface area contributed by atoms with E-state index in [2.05, 4.69) is 118 Å². The van der Waals surface area contributed by atoms with Crippen molar-refractivity contribution in [1.29, 1.82) is 0 Å². The van der Waals surface area contributed by atoms with E-state index in [-0.39, 0.29) is 31.1 Å². The molecule has 0 aromatic heterocycles. The zero-order valence-corrected chi connectivity index (χ0v) is 43.6. The number of ether oxygens (including phenoxy) is 3. The summed E-state index contributed by atoms with van der Waals surface area (Å²) in [7, 11) is 0. The van der Waals surface area contributed by atoms with Gasteiger partial charge in [-0.1, -0.05) is 234 Å². The van der Waals surface area contributed by atoms with Gasteiger partial charge in [0.2, 0.25) is 0 Å². The number of unbranched alkanes of at least 4 members (excludes halogenated alkanes) is 22. The average molecular weight is 931 g/mol. The number of hydrogen-bond donors (Lipinski definition) is 0. The van der Waals surface area contributed by atoms with Crippen molar-refractivity contribution >= 4 is 17.9 Å². The standard InChI is InChI=1S/C61H102O6/c1-4-7-10-13-16-19-22-25-28-29-30-31-34-37-40-43-46-49-52-55-61(64)67-58(56-65-59(62)53-50-47-44-41-38-35-32-26-23-20-17-14-11-8-5-2)57-66-60(63)54-51-48-45-42-39-36-33-27-24-21-18-15-12-9-6-3/h8-9,11-12,17-18,20-21,26-27,32-33,38-39,41-42,58H,4-7,10,13-16,19,22-25,28-31,34-37,40,43-57H2,1-3H3/b11-8-,12-9-,20-17-,21-18-,32-26-,33-27-,41-38-,42-39-. The van der Waals surface area contributed by atoms with Gasteiger partial charge in [0.1, 0.15) is 13.2 Å². The van der Waals surface area contributed by atoms with E-state index in [1.165, 1.54) is 103 Å². The monoisotopic (exact) mass is 931 g/mol. The second-order valence-electron chi connectivity index (χ2n) is 18.1. The lowest BCUT2D eigenvalue weighted by molar-refractivity contribution is -0.167. The molecule has 382 valence electrons. The summed E-state index contributed by atoms with van der Waals surface area (Å²) in [4.78, 5) is 38.1. The molecule has 0 amide bonds. The van der Waals surface area contributed by atoms with Crippen molar-refractivity contribution in [2.75, 3.05) is 13.2 Å². The smallest absolute Gasteiger partial charge is 0.306 e. The molecule has 0 aromatic carbocycles. The van der Waals surface area contributed by atoms with Crippen LogP contribution in [0.2, 0.25) is 0 Å². The van der Waals surface area contributed by atoms with E-state index in [9.17, 15) is 14.4 Å². The van der Waals surface area contributed by atoms with Crippen LogP contribution in [-0.2, 0) is 28.6 Å². The van der Waals surface area contributed by atoms with Crippen LogP contribution in [0.3, 0.4) is 0 Å². The maximum Gasteiger partial charge on any atom is 0.306 e. The number of rotatable bonds is 49. The van der Waals surface area contributed by atoms with E-state index in [1.54, 1.807) is 0 Å². The highest BCUT2D eigenvalue weighted by molar-refractivity contribution is 5.71. The summed E-state index contributed by atoms with van der Waals surface area (Å²) in [5, 5.41) is 0. The molecule has 0 aromatic rings. The van der Waals surface area contributed by atoms with E-state index < -0.39 is 6.10 Å². The number of allylic oxidation sites excluding steroid dienone is 16. The molecule has 0 heterocycles. The summed E-state index contributed by atoms with van der Waals surface area (Å²) in [5.41, 5.74) is 0. The van der Waals surface area contributed by atoms with Gasteiger partial charge in [-0.2, -0.15) is 0 Å². The highest BCUT2D eigenvalue weighted by Gasteiger charge is 2.19. The lowest BCUT2D eigenvalue weighted by Gasteiger charge is -2.18. The molecule has 0 aliphatic heterocycles. The van der Waals surface area contributed by atoms with Crippen molar-refractivity contribution in [1.82, 2.24) is 0 Å². The van der Waals surface area contributed by atoms with Gasteiger partial charge >= 0.3 is 17.9 Å². The maximum atomic E-state index is 12.8. The third kappa shape index (κ3) is 53.2. The Hall–Kier alpha value is -3.67. The summed E-state index contributed by atoms with van der Waals surface area (Å²) in [6.45, 7) is 6.35. The molecular formula is C61H102O6. The predicted octanol–water partition coefficient (Wildman–Crippen LogP) is 18.5. The summed E-state index contributed by atoms with van der Waals surface area (Å²) in [6, 6.07) is 0. The molecule has 0 atom stereocenters. The molecule has 6 heteroatoms. The quantitative estimate of drug-likeness (QED) is 0.0262. The van der Waals surface area contributed by atoms with Crippen LogP contribution in [0.5, 0.6) is 0 Å². The van der Waals surface area contributed by atoms with Crippen LogP contribution < -0.4 is 0 Å². The molecule has 0 radical (unpaired) electrons. The molecule has 0 saturated carbocycles. The highest BCUT2D eigenvalue weighted by atomic mass is 16.6. The van der Waals surface area contributed by atoms with Crippen LogP contribution in [0.4, 0.5) is 0 Å². The lowest BCUT2D eigenvalue weighted by atomic mass is 10.0. The SMILES string of the molecule is CC/C=C\C/C=C\C/C=C\C/C=C\CCCCC(=O)OCC(COC(=O)CCCC/C=C\C/C=C\C/C=C\C/C=C\CC)OC(=O)CCCCCCCCCCCCCCCCCCCCC. The molecule has 0 unspecified atom stereocenters. The topological polar surface area (TPSA) is 78.9 Å². The fourth-order valence-corrected chi connectivity index (χ4v) is 7.48. The largest absolute Gasteiger partial charge is 0.462 e. The normalized spacial score (nSPS) is 12.4. The zero-order chi connectivity index (χ0) is 48.6. The molecule has 0 saturated heterocycles. The molecule has 0 rings (SSSR count). The second kappa shape index (κ2) is 54.9. The molecule has 0 N–H and O–H groups in total. The first-order valence-electron chi connectivity index (χ1n) is 27.7. The van der Waals surface area contributed by atoms with Crippen LogP contribution in [0.15, 0.2) is 97.2 Å². The van der Waals surface area contributed by atoms with E-state index in [1.807, 2.05) is 0 Å². The Morgan fingerprint density at radius 1 is 0.313 bits per heavy atom. The minimum atomic E-state index is -0.811. The van der Waals surface area contributed by atoms with Gasteiger partial charge in [0, 0.05) is 19.3 Å². The van der Waals surface area contributed by atoms with Crippen LogP contribution in [-0.4, -0.2) is 37.2 Å². The molecule has 0 spiro atoms. The summed E-state index contributed by atoms with van der Waals surface area (Å²) in [5.74, 6) is -0.987. The molecule has 67 heavy (non-hydrogen) atoms. The Balaban J connectivity index is 4.47. The Bertz CT molecular complexity index is 1270. The summed E-state index contributed by atoms with van der Waals surface area (Å²) < 4.78 is 16.8. The van der Waals surface area contributed by atoms with Gasteiger partial charge < -0.3 is 14.2 Å². The van der Waals surface area contributed by atoms with Gasteiger partial charge in [0.15, 0.2) is 6.10 Å². The van der Waals surface area contributed by atoms with Gasteiger partial charge in [-0.3, -0.25) is 14.4 Å². The zero-order valence-electron chi connectivity index (χ0n) is 43.6. The lowest BCUT2D eigenvalue weighted by Crippen LogP contribution is -2.30. The first kappa shape index (κ1) is 63.3. The van der Waals surface area contributed by atoms with Crippen molar-refractivity contribution in [3.8, 4) is 0 Å². The van der Waals surface area contributed by atoms with Gasteiger partial charge in [-0.15, -0.1) is 0 Å². The van der Waals surface area contributed by atoms with Gasteiger partial charge in [0.05, 0.1) is 0 Å². The number of carbonyl (C=O) groups is 3. The van der Waals surface area contributed by atoms with E-state index in [0.29, 0.717) is 19.3 Å². The molecule has 0 fully saturated rings. The van der Waals surface area contributed by atoms with Crippen LogP contribution in [0.1, 0.15) is 252 Å². The van der Waals surface area contributed by atoms with Gasteiger partial charge in [-0.25, -0.2) is 0 Å². The fourth-order valence-electron chi connectivity index (χ4n) is 7.48. The third-order valence-corrected chi connectivity index (χ3v) is 11.6. The highest BCUT2D eigenvalue weighted by Crippen LogP contribution is 2.16. The van der Waals surface area contributed by atoms with Crippen molar-refractivity contribution in [2.45, 2.75) is 258 Å². The minimum Gasteiger partial charge on any atom is -0.462 e.